The van der Waals surface area contributed by atoms with Gasteiger partial charge < -0.3 is 15.2 Å². The maximum atomic E-state index is 11.4. The van der Waals surface area contributed by atoms with E-state index in [0.717, 1.165) is 6.20 Å². The number of carbonyl (C=O) groups excluding carboxylic acids is 1. The van der Waals surface area contributed by atoms with Crippen LogP contribution in [0, 0.1) is 0 Å². The Bertz CT molecular complexity index is 465. The van der Waals surface area contributed by atoms with Gasteiger partial charge in [-0.3, -0.25) is 4.79 Å². The molecule has 96 valence electrons. The van der Waals surface area contributed by atoms with Crippen molar-refractivity contribution in [2.75, 3.05) is 12.4 Å². The zero-order valence-electron chi connectivity index (χ0n) is 10.1. The SMILES string of the molecule is CCC(=O)C(=CNc1ccc(OC)nc1)C(=O)O. The smallest absolute Gasteiger partial charge is 0.340 e. The van der Waals surface area contributed by atoms with Gasteiger partial charge in [0.05, 0.1) is 19.0 Å². The third-order valence-electron chi connectivity index (χ3n) is 2.18. The number of aliphatic carboxylic acids is 1. The molecule has 6 heteroatoms. The van der Waals surface area contributed by atoms with Crippen molar-refractivity contribution < 1.29 is 19.4 Å². The largest absolute Gasteiger partial charge is 0.481 e. The number of rotatable bonds is 6. The van der Waals surface area contributed by atoms with Crippen molar-refractivity contribution in [3.8, 4) is 5.88 Å². The van der Waals surface area contributed by atoms with Crippen LogP contribution in [0.25, 0.3) is 0 Å². The van der Waals surface area contributed by atoms with Crippen LogP contribution >= 0.6 is 0 Å². The summed E-state index contributed by atoms with van der Waals surface area (Å²) in [4.78, 5) is 26.1. The zero-order chi connectivity index (χ0) is 13.5. The normalized spacial score (nSPS) is 10.9. The predicted octanol–water partition coefficient (Wildman–Crippen LogP) is 1.45. The third-order valence-corrected chi connectivity index (χ3v) is 2.18. The summed E-state index contributed by atoms with van der Waals surface area (Å²) in [5.74, 6) is -1.24. The minimum Gasteiger partial charge on any atom is -0.481 e. The molecular formula is C12H14N2O4. The van der Waals surface area contributed by atoms with Crippen LogP contribution in [0.1, 0.15) is 13.3 Å². The predicted molar refractivity (Wildman–Crippen MR) is 65.4 cm³/mol. The summed E-state index contributed by atoms with van der Waals surface area (Å²) in [7, 11) is 1.50. The molecule has 0 saturated carbocycles. The molecule has 0 fully saturated rings. The van der Waals surface area contributed by atoms with E-state index in [9.17, 15) is 9.59 Å². The molecule has 0 aliphatic carbocycles. The lowest BCUT2D eigenvalue weighted by Gasteiger charge is -2.04. The first-order valence-electron chi connectivity index (χ1n) is 5.31. The lowest BCUT2D eigenvalue weighted by Crippen LogP contribution is -2.12. The number of hydrogen-bond donors (Lipinski definition) is 2. The number of carbonyl (C=O) groups is 2. The Morgan fingerprint density at radius 1 is 1.50 bits per heavy atom. The second-order valence-electron chi connectivity index (χ2n) is 3.37. The number of carboxylic acid groups (broad SMARTS) is 1. The zero-order valence-corrected chi connectivity index (χ0v) is 10.1. The Kier molecular flexibility index (Phi) is 4.86. The van der Waals surface area contributed by atoms with Gasteiger partial charge in [-0.1, -0.05) is 6.92 Å². The standard InChI is InChI=1S/C12H14N2O4/c1-3-10(15)9(12(16)17)7-13-8-4-5-11(18-2)14-6-8/h4-7,13H,3H2,1-2H3,(H,16,17). The Balaban J connectivity index is 2.81. The van der Waals surface area contributed by atoms with E-state index in [0.29, 0.717) is 11.6 Å². The summed E-state index contributed by atoms with van der Waals surface area (Å²) in [5, 5.41) is 11.6. The first kappa shape index (κ1) is 13.7. The third kappa shape index (κ3) is 3.58. The fraction of sp³-hybridized carbons (Fsp3) is 0.250. The van der Waals surface area contributed by atoms with E-state index in [1.165, 1.54) is 13.3 Å². The number of carboxylic acids is 1. The van der Waals surface area contributed by atoms with Crippen LogP contribution < -0.4 is 10.1 Å². The Morgan fingerprint density at radius 3 is 2.67 bits per heavy atom. The van der Waals surface area contributed by atoms with Crippen molar-refractivity contribution in [2.45, 2.75) is 13.3 Å². The number of aromatic nitrogens is 1. The number of anilines is 1. The monoisotopic (exact) mass is 250 g/mol. The van der Waals surface area contributed by atoms with Crippen molar-refractivity contribution in [1.82, 2.24) is 4.98 Å². The lowest BCUT2D eigenvalue weighted by molar-refractivity contribution is -0.134. The van der Waals surface area contributed by atoms with E-state index < -0.39 is 11.8 Å². The molecule has 0 saturated heterocycles. The number of Topliss-reactive ketones (excluding diaryl/α,β-unsaturated/α-hetero) is 1. The molecule has 6 nitrogen and oxygen atoms in total. The topological polar surface area (TPSA) is 88.5 Å². The van der Waals surface area contributed by atoms with Crippen molar-refractivity contribution >= 4 is 17.4 Å². The molecule has 2 N–H and O–H groups in total. The number of ketones is 1. The summed E-state index contributed by atoms with van der Waals surface area (Å²) in [6.45, 7) is 1.61. The van der Waals surface area contributed by atoms with Gasteiger partial charge in [-0.2, -0.15) is 0 Å². The van der Waals surface area contributed by atoms with E-state index >= 15 is 0 Å². The van der Waals surface area contributed by atoms with Crippen LogP contribution in [0.2, 0.25) is 0 Å². The van der Waals surface area contributed by atoms with Crippen LogP contribution in [-0.4, -0.2) is 29.0 Å². The van der Waals surface area contributed by atoms with E-state index in [-0.39, 0.29) is 12.0 Å². The van der Waals surface area contributed by atoms with Gasteiger partial charge in [-0.25, -0.2) is 9.78 Å². The molecule has 0 radical (unpaired) electrons. The van der Waals surface area contributed by atoms with Crippen LogP contribution in [0.5, 0.6) is 5.88 Å². The first-order chi connectivity index (χ1) is 8.58. The van der Waals surface area contributed by atoms with Crippen LogP contribution in [-0.2, 0) is 9.59 Å². The minimum atomic E-state index is -1.25. The van der Waals surface area contributed by atoms with Crippen molar-refractivity contribution in [3.63, 3.8) is 0 Å². The molecule has 1 aromatic heterocycles. The summed E-state index contributed by atoms with van der Waals surface area (Å²) >= 11 is 0. The second-order valence-corrected chi connectivity index (χ2v) is 3.37. The summed E-state index contributed by atoms with van der Waals surface area (Å²) < 4.78 is 4.89. The summed E-state index contributed by atoms with van der Waals surface area (Å²) in [5.41, 5.74) is 0.284. The fourth-order valence-corrected chi connectivity index (χ4v) is 1.19. The molecule has 0 bridgehead atoms. The average molecular weight is 250 g/mol. The number of hydrogen-bond acceptors (Lipinski definition) is 5. The molecule has 18 heavy (non-hydrogen) atoms. The van der Waals surface area contributed by atoms with Crippen LogP contribution in [0.3, 0.4) is 0 Å². The van der Waals surface area contributed by atoms with Crippen molar-refractivity contribution in [1.29, 1.82) is 0 Å². The maximum absolute atomic E-state index is 11.4. The molecule has 0 spiro atoms. The number of pyridine rings is 1. The lowest BCUT2D eigenvalue weighted by atomic mass is 10.1. The highest BCUT2D eigenvalue weighted by Gasteiger charge is 2.14. The van der Waals surface area contributed by atoms with E-state index in [1.807, 2.05) is 0 Å². The number of nitrogens with zero attached hydrogens (tertiary/aromatic N) is 1. The Labute approximate surface area is 104 Å². The van der Waals surface area contributed by atoms with Crippen molar-refractivity contribution in [2.24, 2.45) is 0 Å². The van der Waals surface area contributed by atoms with Gasteiger partial charge in [0.25, 0.3) is 0 Å². The van der Waals surface area contributed by atoms with Gasteiger partial charge >= 0.3 is 5.97 Å². The van der Waals surface area contributed by atoms with E-state index in [1.54, 1.807) is 19.1 Å². The number of nitrogens with one attached hydrogen (secondary N) is 1. The van der Waals surface area contributed by atoms with Crippen LogP contribution in [0.4, 0.5) is 5.69 Å². The molecule has 0 aromatic carbocycles. The highest BCUT2D eigenvalue weighted by Crippen LogP contribution is 2.11. The highest BCUT2D eigenvalue weighted by atomic mass is 16.5. The van der Waals surface area contributed by atoms with Gasteiger partial charge in [0.1, 0.15) is 5.57 Å². The van der Waals surface area contributed by atoms with Gasteiger partial charge in [-0.15, -0.1) is 0 Å². The molecule has 1 heterocycles. The second kappa shape index (κ2) is 6.39. The molecule has 0 aliphatic heterocycles. The number of methoxy groups -OCH3 is 1. The Morgan fingerprint density at radius 2 is 2.22 bits per heavy atom. The van der Waals surface area contributed by atoms with Gasteiger partial charge in [0, 0.05) is 18.7 Å². The first-order valence-corrected chi connectivity index (χ1v) is 5.31. The molecule has 1 aromatic rings. The van der Waals surface area contributed by atoms with E-state index in [4.69, 9.17) is 9.84 Å². The molecule has 0 amide bonds. The average Bonchev–Trinajstić information content (AvgIpc) is 2.39. The highest BCUT2D eigenvalue weighted by molar-refractivity contribution is 6.16. The maximum Gasteiger partial charge on any atom is 0.340 e. The molecular weight excluding hydrogens is 236 g/mol. The van der Waals surface area contributed by atoms with Gasteiger partial charge in [-0.05, 0) is 6.07 Å². The summed E-state index contributed by atoms with van der Waals surface area (Å²) in [6.07, 6.45) is 2.78. The minimum absolute atomic E-state index is 0.140. The van der Waals surface area contributed by atoms with E-state index in [2.05, 4.69) is 10.3 Å². The Hall–Kier alpha value is -2.37. The number of ether oxygens (including phenoxy) is 1. The van der Waals surface area contributed by atoms with Crippen molar-refractivity contribution in [3.05, 3.63) is 30.1 Å². The molecule has 0 atom stereocenters. The van der Waals surface area contributed by atoms with Crippen LogP contribution in [0.15, 0.2) is 30.1 Å². The quantitative estimate of drug-likeness (QED) is 0.451. The molecule has 1 rings (SSSR count). The summed E-state index contributed by atoms with van der Waals surface area (Å²) in [6, 6.07) is 3.29. The molecule has 0 aliphatic rings. The van der Waals surface area contributed by atoms with Gasteiger partial charge in [0.2, 0.25) is 5.88 Å². The fourth-order valence-electron chi connectivity index (χ4n) is 1.19. The molecule has 0 unspecified atom stereocenters. The van der Waals surface area contributed by atoms with Gasteiger partial charge in [0.15, 0.2) is 5.78 Å².